The van der Waals surface area contributed by atoms with E-state index in [4.69, 9.17) is 33.0 Å². The molecule has 2 aromatic heterocycles. The van der Waals surface area contributed by atoms with Gasteiger partial charge in [0.1, 0.15) is 29.4 Å². The number of ketones is 1. The van der Waals surface area contributed by atoms with Gasteiger partial charge in [-0.05, 0) is 79.1 Å². The summed E-state index contributed by atoms with van der Waals surface area (Å²) in [5, 5.41) is 32.4. The molecule has 0 radical (unpaired) electrons. The van der Waals surface area contributed by atoms with E-state index in [1.165, 1.54) is 13.8 Å². The largest absolute Gasteiger partial charge is 0.459 e. The van der Waals surface area contributed by atoms with Crippen molar-refractivity contribution in [3.63, 3.8) is 0 Å². The van der Waals surface area contributed by atoms with Gasteiger partial charge in [0.25, 0.3) is 0 Å². The van der Waals surface area contributed by atoms with E-state index in [2.05, 4.69) is 20.3 Å². The first-order valence-electron chi connectivity index (χ1n) is 21.3. The number of aliphatic hydroxyl groups is 2. The normalized spacial score (nSPS) is 37.2. The first kappa shape index (κ1) is 48.1. The van der Waals surface area contributed by atoms with Crippen molar-refractivity contribution in [2.24, 2.45) is 33.8 Å². The number of nitrogens with zero attached hydrogens (tertiary/aromatic N) is 5. The number of oxime groups is 1. The number of rotatable bonds is 9. The van der Waals surface area contributed by atoms with E-state index < -0.39 is 77.3 Å². The van der Waals surface area contributed by atoms with Gasteiger partial charge in [-0.15, -0.1) is 0 Å². The van der Waals surface area contributed by atoms with Gasteiger partial charge in [0.2, 0.25) is 5.91 Å². The van der Waals surface area contributed by atoms with Gasteiger partial charge >= 0.3 is 5.97 Å². The van der Waals surface area contributed by atoms with Crippen molar-refractivity contribution >= 4 is 29.1 Å². The van der Waals surface area contributed by atoms with E-state index in [0.29, 0.717) is 23.6 Å². The fraction of sp³-hybridized carbons (Fsp3) is 0.705. The molecule has 17 heteroatoms. The van der Waals surface area contributed by atoms with Crippen LogP contribution in [0.4, 0.5) is 0 Å². The maximum Gasteiger partial charge on any atom is 0.316 e. The predicted octanol–water partition coefficient (Wildman–Crippen LogP) is 4.56. The summed E-state index contributed by atoms with van der Waals surface area (Å²) in [5.74, 6) is -4.72. The number of amides is 1. The van der Waals surface area contributed by atoms with Crippen molar-refractivity contribution in [2.75, 3.05) is 27.3 Å². The molecule has 3 saturated heterocycles. The molecule has 5 heterocycles. The third kappa shape index (κ3) is 11.2. The molecule has 0 unspecified atom stereocenters. The van der Waals surface area contributed by atoms with Gasteiger partial charge in [-0.2, -0.15) is 0 Å². The maximum absolute atomic E-state index is 14.5. The summed E-state index contributed by atoms with van der Waals surface area (Å²) in [6.07, 6.45) is -1.88. The highest BCUT2D eigenvalue weighted by molar-refractivity contribution is 6.00. The number of fused-ring (bicyclic) bond motifs is 5. The summed E-state index contributed by atoms with van der Waals surface area (Å²) < 4.78 is 37.8. The summed E-state index contributed by atoms with van der Waals surface area (Å²) in [6, 6.07) is 4.99. The smallest absolute Gasteiger partial charge is 0.316 e. The number of aliphatic hydroxyl groups excluding tert-OH is 1. The second kappa shape index (κ2) is 20.5. The summed E-state index contributed by atoms with van der Waals surface area (Å²) in [5.41, 5.74) is -1.28. The lowest BCUT2D eigenvalue weighted by atomic mass is 9.73. The van der Waals surface area contributed by atoms with E-state index in [1.807, 2.05) is 45.8 Å². The number of likely N-dealkylation sites (N-methyl/N-ethyl adjacent to an activating group) is 1. The second-order valence-electron chi connectivity index (χ2n) is 17.5. The van der Waals surface area contributed by atoms with Crippen molar-refractivity contribution in [2.45, 2.75) is 149 Å². The summed E-state index contributed by atoms with van der Waals surface area (Å²) >= 11 is 0. The fourth-order valence-corrected chi connectivity index (χ4v) is 8.86. The molecule has 0 saturated carbocycles. The molecule has 2 N–H and O–H groups in total. The summed E-state index contributed by atoms with van der Waals surface area (Å²) in [7, 11) is 3.73. The summed E-state index contributed by atoms with van der Waals surface area (Å²) in [4.78, 5) is 58.5. The highest BCUT2D eigenvalue weighted by atomic mass is 16.7. The summed E-state index contributed by atoms with van der Waals surface area (Å²) in [6.45, 7) is 15.0. The van der Waals surface area contributed by atoms with Crippen LogP contribution in [0.15, 0.2) is 45.3 Å². The van der Waals surface area contributed by atoms with Crippen LogP contribution in [0.5, 0.6) is 0 Å². The Morgan fingerprint density at radius 1 is 1.05 bits per heavy atom. The van der Waals surface area contributed by atoms with Crippen LogP contribution in [-0.2, 0) is 49.5 Å². The number of cyclic esters (lactones) is 1. The number of hydrogen-bond acceptors (Lipinski definition) is 16. The molecule has 61 heavy (non-hydrogen) atoms. The minimum absolute atomic E-state index is 0.0207. The van der Waals surface area contributed by atoms with E-state index in [1.54, 1.807) is 52.2 Å². The van der Waals surface area contributed by atoms with Gasteiger partial charge in [0, 0.05) is 47.8 Å². The number of Topliss-reactive ketones (excluding diaryl/α,β-unsaturated/α-hetero) is 1. The Labute approximate surface area is 358 Å². The van der Waals surface area contributed by atoms with Crippen LogP contribution < -0.4 is 0 Å². The molecule has 2 bridgehead atoms. The molecule has 1 amide bonds. The van der Waals surface area contributed by atoms with E-state index >= 15 is 0 Å². The van der Waals surface area contributed by atoms with Crippen LogP contribution in [-0.4, -0.2) is 136 Å². The van der Waals surface area contributed by atoms with Crippen molar-refractivity contribution in [3.05, 3.63) is 36.3 Å². The number of hydrogen-bond donors (Lipinski definition) is 2. The van der Waals surface area contributed by atoms with Crippen LogP contribution in [0, 0.1) is 23.7 Å². The number of aliphatic imine (C=N–C) groups is 1. The lowest BCUT2D eigenvalue weighted by Gasteiger charge is -2.47. The van der Waals surface area contributed by atoms with Gasteiger partial charge in [-0.25, -0.2) is 4.99 Å². The molecule has 2 aromatic rings. The van der Waals surface area contributed by atoms with Gasteiger partial charge in [0.05, 0.1) is 49.0 Å². The zero-order valence-corrected chi connectivity index (χ0v) is 37.4. The Hall–Kier alpha value is -3.97. The van der Waals surface area contributed by atoms with Crippen LogP contribution in [0.1, 0.15) is 93.7 Å². The molecular weight excluding hydrogens is 791 g/mol. The Bertz CT molecular complexity index is 1850. The predicted molar refractivity (Wildman–Crippen MR) is 223 cm³/mol. The molecule has 338 valence electrons. The van der Waals surface area contributed by atoms with Gasteiger partial charge < -0.3 is 48.2 Å². The Morgan fingerprint density at radius 3 is 2.41 bits per heavy atom. The first-order chi connectivity index (χ1) is 28.8. The SMILES string of the molecule is CCC(=O)N=C1[C@H](C)C[C@@]2(C)OC/C(=N/OCc3ccc(-c4ccno4)cn3)CO[C@@H]([C@H]1C)[C@](C)(O)[C@@H](CC)OC(=O)[C@H](C)C(=O)[C@H](C)[C@H]2O[C@@H]1O[C@H](C)C[C@H](N(C)C)[C@H]1O. The van der Waals surface area contributed by atoms with Crippen molar-refractivity contribution < 1.29 is 57.6 Å². The zero-order chi connectivity index (χ0) is 44.8. The first-order valence-corrected chi connectivity index (χ1v) is 21.3. The maximum atomic E-state index is 14.5. The highest BCUT2D eigenvalue weighted by Gasteiger charge is 2.53. The Kier molecular flexibility index (Phi) is 16.1. The van der Waals surface area contributed by atoms with Gasteiger partial charge in [0.15, 0.2) is 24.4 Å². The topological polar surface area (TPSA) is 214 Å². The van der Waals surface area contributed by atoms with Crippen LogP contribution in [0.25, 0.3) is 11.3 Å². The van der Waals surface area contributed by atoms with Crippen LogP contribution >= 0.6 is 0 Å². The number of aromatic nitrogens is 2. The molecule has 5 rings (SSSR count). The number of carbonyl (C=O) groups excluding carboxylic acids is 3. The third-order valence-electron chi connectivity index (χ3n) is 12.3. The highest BCUT2D eigenvalue weighted by Crippen LogP contribution is 2.40. The third-order valence-corrected chi connectivity index (χ3v) is 12.3. The fourth-order valence-electron chi connectivity index (χ4n) is 8.86. The van der Waals surface area contributed by atoms with Gasteiger partial charge in [-0.3, -0.25) is 19.4 Å². The molecule has 17 nitrogen and oxygen atoms in total. The molecule has 0 aliphatic carbocycles. The number of esters is 1. The standard InChI is InChI=1S/C44H65N5O12/c1-12-34-44(9,54)40-26(5)36(47-35(50)13-2)24(3)19-43(8,56-22-31(21-55-40)48-57-23-30-15-14-29(20-45-30)33-16-17-46-61-33)39(27(6)37(51)28(7)41(53)59-34)60-42-38(52)32(49(10)11)18-25(4)58-42/h14-17,20,24-28,32,34,38-40,42,52,54H,12-13,18-19,21-23H2,1-11H3/b47-36?,48-31+/t24-,25-,26+,27+,28-,32+,34-,38-,39-,40+,42+,43-,44-/m1/s1. The average molecular weight is 856 g/mol. The number of carbonyl (C=O) groups is 3. The monoisotopic (exact) mass is 855 g/mol. The Morgan fingerprint density at radius 2 is 1.79 bits per heavy atom. The van der Waals surface area contributed by atoms with Crippen LogP contribution in [0.3, 0.4) is 0 Å². The minimum atomic E-state index is -1.86. The molecule has 3 fully saturated rings. The van der Waals surface area contributed by atoms with Crippen molar-refractivity contribution in [1.29, 1.82) is 0 Å². The van der Waals surface area contributed by atoms with E-state index in [9.17, 15) is 24.6 Å². The van der Waals surface area contributed by atoms with Gasteiger partial charge in [-0.1, -0.05) is 44.9 Å². The molecular formula is C44H65N5O12. The molecule has 0 spiro atoms. The Balaban J connectivity index is 1.64. The minimum Gasteiger partial charge on any atom is -0.459 e. The number of ether oxygens (including phenoxy) is 5. The quantitative estimate of drug-likeness (QED) is 0.201. The lowest BCUT2D eigenvalue weighted by molar-refractivity contribution is -0.296. The molecule has 13 atom stereocenters. The van der Waals surface area contributed by atoms with E-state index in [0.717, 1.165) is 5.56 Å². The number of pyridine rings is 1. The van der Waals surface area contributed by atoms with Crippen molar-refractivity contribution in [3.8, 4) is 11.3 Å². The second-order valence-corrected chi connectivity index (χ2v) is 17.5. The average Bonchev–Trinajstić information content (AvgIpc) is 3.77. The molecule has 0 aromatic carbocycles. The van der Waals surface area contributed by atoms with E-state index in [-0.39, 0.29) is 62.8 Å². The van der Waals surface area contributed by atoms with Crippen molar-refractivity contribution in [1.82, 2.24) is 15.0 Å². The zero-order valence-electron chi connectivity index (χ0n) is 37.4. The van der Waals surface area contributed by atoms with Crippen LogP contribution in [0.2, 0.25) is 0 Å². The lowest BCUT2D eigenvalue weighted by Crippen LogP contribution is -2.60. The molecule has 3 aliphatic heterocycles. The molecule has 3 aliphatic rings.